The predicted octanol–water partition coefficient (Wildman–Crippen LogP) is 3.20. The molecule has 0 radical (unpaired) electrons. The lowest BCUT2D eigenvalue weighted by Crippen LogP contribution is -2.26. The Labute approximate surface area is 117 Å². The first kappa shape index (κ1) is 16.2. The van der Waals surface area contributed by atoms with Crippen LogP contribution >= 0.6 is 15.9 Å². The van der Waals surface area contributed by atoms with Crippen molar-refractivity contribution in [2.45, 2.75) is 18.0 Å². The van der Waals surface area contributed by atoms with E-state index in [1.165, 1.54) is 0 Å². The number of sulfonamides is 1. The zero-order valence-electron chi connectivity index (χ0n) is 9.88. The molecule has 0 unspecified atom stereocenters. The van der Waals surface area contributed by atoms with E-state index in [2.05, 4.69) is 27.2 Å². The van der Waals surface area contributed by atoms with Crippen LogP contribution in [0.25, 0.3) is 0 Å². The van der Waals surface area contributed by atoms with Gasteiger partial charge in [0.1, 0.15) is 0 Å². The van der Waals surface area contributed by atoms with Crippen molar-refractivity contribution in [3.8, 4) is 0 Å². The molecule has 0 saturated carbocycles. The Balaban J connectivity index is 3.26. The van der Waals surface area contributed by atoms with Crippen molar-refractivity contribution in [3.05, 3.63) is 40.4 Å². The average molecular weight is 358 g/mol. The summed E-state index contributed by atoms with van der Waals surface area (Å²) in [6, 6.07) is 3.04. The lowest BCUT2D eigenvalue weighted by Gasteiger charge is -2.14. The van der Waals surface area contributed by atoms with Gasteiger partial charge in [0.15, 0.2) is 0 Å². The molecule has 1 rings (SSSR count). The fourth-order valence-electron chi connectivity index (χ4n) is 1.46. The molecule has 1 aromatic rings. The van der Waals surface area contributed by atoms with Gasteiger partial charge in [0.25, 0.3) is 0 Å². The highest BCUT2D eigenvalue weighted by Crippen LogP contribution is 2.34. The molecule has 1 N–H and O–H groups in total. The number of rotatable bonds is 4. The summed E-state index contributed by atoms with van der Waals surface area (Å²) in [5.41, 5.74) is -1.30. The van der Waals surface area contributed by atoms with E-state index in [1.807, 2.05) is 0 Å². The summed E-state index contributed by atoms with van der Waals surface area (Å²) in [5, 5.41) is 0. The Hall–Kier alpha value is -0.860. The predicted molar refractivity (Wildman–Crippen MR) is 69.4 cm³/mol. The monoisotopic (exact) mass is 357 g/mol. The van der Waals surface area contributed by atoms with Gasteiger partial charge in [-0.3, -0.25) is 0 Å². The van der Waals surface area contributed by atoms with Gasteiger partial charge < -0.3 is 0 Å². The van der Waals surface area contributed by atoms with Crippen molar-refractivity contribution >= 4 is 26.0 Å². The van der Waals surface area contributed by atoms with Crippen molar-refractivity contribution in [3.63, 3.8) is 0 Å². The zero-order valence-corrected chi connectivity index (χ0v) is 12.3. The molecule has 0 fully saturated rings. The fourth-order valence-corrected chi connectivity index (χ4v) is 3.08. The van der Waals surface area contributed by atoms with E-state index in [0.717, 1.165) is 25.1 Å². The van der Waals surface area contributed by atoms with Gasteiger partial charge in [0, 0.05) is 11.0 Å². The van der Waals surface area contributed by atoms with E-state index in [9.17, 15) is 21.6 Å². The topological polar surface area (TPSA) is 46.2 Å². The van der Waals surface area contributed by atoms with E-state index < -0.39 is 26.7 Å². The molecule has 0 aliphatic rings. The molecule has 0 bridgehead atoms. The van der Waals surface area contributed by atoms with Crippen LogP contribution in [-0.4, -0.2) is 15.0 Å². The number of halogens is 4. The molecule has 0 heterocycles. The summed E-state index contributed by atoms with van der Waals surface area (Å²) in [7, 11) is -4.01. The molecule has 0 amide bonds. The number of nitrogens with one attached hydrogen (secondary N) is 1. The van der Waals surface area contributed by atoms with Crippen LogP contribution < -0.4 is 4.72 Å². The van der Waals surface area contributed by atoms with Crippen LogP contribution in [0, 0.1) is 6.92 Å². The number of hydrogen-bond acceptors (Lipinski definition) is 2. The zero-order chi connectivity index (χ0) is 14.8. The highest BCUT2D eigenvalue weighted by molar-refractivity contribution is 9.11. The van der Waals surface area contributed by atoms with Crippen LogP contribution in [0.15, 0.2) is 34.2 Å². The molecule has 0 saturated heterocycles. The Morgan fingerprint density at radius 3 is 2.47 bits per heavy atom. The Morgan fingerprint density at radius 1 is 1.42 bits per heavy atom. The summed E-state index contributed by atoms with van der Waals surface area (Å²) in [6.45, 7) is 4.47. The second-order valence-electron chi connectivity index (χ2n) is 3.77. The van der Waals surface area contributed by atoms with Gasteiger partial charge in [-0.1, -0.05) is 28.6 Å². The minimum absolute atomic E-state index is 0.0992. The van der Waals surface area contributed by atoms with E-state index in [-0.39, 0.29) is 12.1 Å². The van der Waals surface area contributed by atoms with Crippen molar-refractivity contribution in [2.75, 3.05) is 6.54 Å². The molecule has 0 spiro atoms. The lowest BCUT2D eigenvalue weighted by molar-refractivity contribution is -0.138. The molecule has 3 nitrogen and oxygen atoms in total. The first-order valence-corrected chi connectivity index (χ1v) is 7.33. The minimum atomic E-state index is -4.59. The summed E-state index contributed by atoms with van der Waals surface area (Å²) in [6.07, 6.45) is -4.59. The van der Waals surface area contributed by atoms with Gasteiger partial charge in [-0.2, -0.15) is 13.2 Å². The summed E-state index contributed by atoms with van der Waals surface area (Å²) >= 11 is 2.96. The molecule has 0 aliphatic heterocycles. The number of hydrogen-bond donors (Lipinski definition) is 1. The fraction of sp³-hybridized carbons (Fsp3) is 0.273. The first-order valence-electron chi connectivity index (χ1n) is 5.05. The highest BCUT2D eigenvalue weighted by atomic mass is 79.9. The molecule has 8 heteroatoms. The molecule has 0 atom stereocenters. The van der Waals surface area contributed by atoms with Crippen molar-refractivity contribution in [1.29, 1.82) is 0 Å². The second kappa shape index (κ2) is 5.64. The third kappa shape index (κ3) is 4.05. The molecule has 0 aliphatic carbocycles. The smallest absolute Gasteiger partial charge is 0.207 e. The van der Waals surface area contributed by atoms with E-state index in [0.29, 0.717) is 4.48 Å². The molecular weight excluding hydrogens is 347 g/mol. The normalized spacial score (nSPS) is 12.5. The van der Waals surface area contributed by atoms with Gasteiger partial charge in [-0.05, 0) is 24.6 Å². The molecule has 106 valence electrons. The van der Waals surface area contributed by atoms with Crippen molar-refractivity contribution < 1.29 is 21.6 Å². The van der Waals surface area contributed by atoms with Crippen LogP contribution in [0.1, 0.15) is 11.1 Å². The first-order chi connectivity index (χ1) is 8.55. The van der Waals surface area contributed by atoms with Crippen molar-refractivity contribution in [1.82, 2.24) is 4.72 Å². The third-order valence-corrected chi connectivity index (χ3v) is 4.16. The van der Waals surface area contributed by atoms with E-state index in [1.54, 1.807) is 0 Å². The van der Waals surface area contributed by atoms with Gasteiger partial charge in [-0.15, -0.1) is 0 Å². The number of benzene rings is 1. The largest absolute Gasteiger partial charge is 0.416 e. The summed E-state index contributed by atoms with van der Waals surface area (Å²) in [4.78, 5) is -0.393. The van der Waals surface area contributed by atoms with Gasteiger partial charge in [0.05, 0.1) is 10.5 Å². The Bertz CT molecular complexity index is 596. The van der Waals surface area contributed by atoms with E-state index in [4.69, 9.17) is 0 Å². The standard InChI is InChI=1S/C11H11BrF3NO2S/c1-7(12)6-16-19(17,18)10-5-3-4-9(8(10)2)11(13,14)15/h3-5,16H,1,6H2,2H3. The Morgan fingerprint density at radius 2 is 2.00 bits per heavy atom. The van der Waals surface area contributed by atoms with Crippen LogP contribution in [0.2, 0.25) is 0 Å². The average Bonchev–Trinajstić information content (AvgIpc) is 2.25. The minimum Gasteiger partial charge on any atom is -0.207 e. The molecule has 1 aromatic carbocycles. The summed E-state index contributed by atoms with van der Waals surface area (Å²) < 4.78 is 64.4. The van der Waals surface area contributed by atoms with Crippen molar-refractivity contribution in [2.24, 2.45) is 0 Å². The van der Waals surface area contributed by atoms with Gasteiger partial charge >= 0.3 is 6.18 Å². The van der Waals surface area contributed by atoms with Crippen LogP contribution in [0.4, 0.5) is 13.2 Å². The molecule has 19 heavy (non-hydrogen) atoms. The molecule has 0 aromatic heterocycles. The maximum absolute atomic E-state index is 12.7. The molecular formula is C11H11BrF3NO2S. The highest BCUT2D eigenvalue weighted by Gasteiger charge is 2.34. The SMILES string of the molecule is C=C(Br)CNS(=O)(=O)c1cccc(C(F)(F)F)c1C. The maximum atomic E-state index is 12.7. The Kier molecular flexibility index (Phi) is 4.81. The van der Waals surface area contributed by atoms with E-state index >= 15 is 0 Å². The summed E-state index contributed by atoms with van der Waals surface area (Å²) in [5.74, 6) is 0. The quantitative estimate of drug-likeness (QED) is 0.899. The lowest BCUT2D eigenvalue weighted by atomic mass is 10.1. The van der Waals surface area contributed by atoms with Gasteiger partial charge in [0.2, 0.25) is 10.0 Å². The second-order valence-corrected chi connectivity index (χ2v) is 6.63. The van der Waals surface area contributed by atoms with Crippen LogP contribution in [0.5, 0.6) is 0 Å². The number of alkyl halides is 3. The van der Waals surface area contributed by atoms with Gasteiger partial charge in [-0.25, -0.2) is 13.1 Å². The van der Waals surface area contributed by atoms with Crippen LogP contribution in [0.3, 0.4) is 0 Å². The van der Waals surface area contributed by atoms with Crippen LogP contribution in [-0.2, 0) is 16.2 Å². The third-order valence-electron chi connectivity index (χ3n) is 2.33. The maximum Gasteiger partial charge on any atom is 0.416 e.